The molecule has 116 valence electrons. The van der Waals surface area contributed by atoms with Crippen LogP contribution in [0.25, 0.3) is 0 Å². The highest BCUT2D eigenvalue weighted by molar-refractivity contribution is 6.12. The standard InChI is InChI=1S/C13H18N2O6/c1-4-19-11(16)7-8(12(17)20-5-2)10(14)15-9(7)13(18)21-6-3/h15H,4-6,14H2,1-3H3. The quantitative estimate of drug-likeness (QED) is 0.596. The average Bonchev–Trinajstić information content (AvgIpc) is 2.77. The zero-order valence-corrected chi connectivity index (χ0v) is 12.1. The zero-order valence-electron chi connectivity index (χ0n) is 12.1. The third kappa shape index (κ3) is 3.53. The molecule has 0 aromatic carbocycles. The molecule has 1 rings (SSSR count). The number of anilines is 1. The molecule has 1 heterocycles. The van der Waals surface area contributed by atoms with Crippen LogP contribution in [-0.2, 0) is 14.2 Å². The van der Waals surface area contributed by atoms with Crippen molar-refractivity contribution in [3.8, 4) is 0 Å². The predicted molar refractivity (Wildman–Crippen MR) is 73.1 cm³/mol. The van der Waals surface area contributed by atoms with E-state index in [1.807, 2.05) is 0 Å². The highest BCUT2D eigenvalue weighted by Gasteiger charge is 2.32. The first-order chi connectivity index (χ1) is 9.97. The lowest BCUT2D eigenvalue weighted by Crippen LogP contribution is -2.17. The number of hydrogen-bond donors (Lipinski definition) is 2. The lowest BCUT2D eigenvalue weighted by Gasteiger charge is -2.06. The van der Waals surface area contributed by atoms with E-state index in [0.717, 1.165) is 0 Å². The molecule has 0 radical (unpaired) electrons. The lowest BCUT2D eigenvalue weighted by molar-refractivity contribution is 0.0460. The molecule has 0 aliphatic heterocycles. The zero-order chi connectivity index (χ0) is 16.0. The van der Waals surface area contributed by atoms with Crippen LogP contribution in [0.4, 0.5) is 5.82 Å². The van der Waals surface area contributed by atoms with Gasteiger partial charge >= 0.3 is 17.9 Å². The molecule has 0 bridgehead atoms. The Kier molecular flexibility index (Phi) is 5.77. The SMILES string of the molecule is CCOC(=O)c1[nH]c(N)c(C(=O)OCC)c1C(=O)OCC. The predicted octanol–water partition coefficient (Wildman–Crippen LogP) is 1.13. The van der Waals surface area contributed by atoms with Gasteiger partial charge in [-0.2, -0.15) is 0 Å². The van der Waals surface area contributed by atoms with Gasteiger partial charge in [0.1, 0.15) is 22.6 Å². The van der Waals surface area contributed by atoms with Gasteiger partial charge in [-0.05, 0) is 20.8 Å². The van der Waals surface area contributed by atoms with E-state index in [4.69, 9.17) is 19.9 Å². The van der Waals surface area contributed by atoms with Crippen LogP contribution in [0.15, 0.2) is 0 Å². The molecule has 8 nitrogen and oxygen atoms in total. The third-order valence-electron chi connectivity index (χ3n) is 2.47. The van der Waals surface area contributed by atoms with E-state index in [0.29, 0.717) is 0 Å². The number of aromatic nitrogens is 1. The molecule has 0 saturated heterocycles. The maximum atomic E-state index is 12.0. The Hall–Kier alpha value is -2.51. The van der Waals surface area contributed by atoms with Crippen LogP contribution in [0, 0.1) is 0 Å². The van der Waals surface area contributed by atoms with Gasteiger partial charge in [0.25, 0.3) is 0 Å². The fraction of sp³-hybridized carbons (Fsp3) is 0.462. The van der Waals surface area contributed by atoms with Gasteiger partial charge in [-0.1, -0.05) is 0 Å². The minimum Gasteiger partial charge on any atom is -0.462 e. The number of hydrogen-bond acceptors (Lipinski definition) is 7. The van der Waals surface area contributed by atoms with Crippen LogP contribution in [0.1, 0.15) is 52.0 Å². The number of ether oxygens (including phenoxy) is 3. The van der Waals surface area contributed by atoms with Crippen LogP contribution in [0.2, 0.25) is 0 Å². The number of aromatic amines is 1. The number of rotatable bonds is 6. The molecule has 0 unspecified atom stereocenters. The molecule has 0 fully saturated rings. The van der Waals surface area contributed by atoms with Crippen LogP contribution < -0.4 is 5.73 Å². The summed E-state index contributed by atoms with van der Waals surface area (Å²) in [6.07, 6.45) is 0. The second-order valence-electron chi connectivity index (χ2n) is 3.83. The first-order valence-corrected chi connectivity index (χ1v) is 6.50. The Morgan fingerprint density at radius 3 is 1.76 bits per heavy atom. The van der Waals surface area contributed by atoms with Gasteiger partial charge in [0.05, 0.1) is 19.8 Å². The summed E-state index contributed by atoms with van der Waals surface area (Å²) < 4.78 is 14.5. The first kappa shape index (κ1) is 16.5. The molecule has 8 heteroatoms. The summed E-state index contributed by atoms with van der Waals surface area (Å²) in [6.45, 7) is 5.10. The molecule has 0 aliphatic rings. The molecular formula is C13H18N2O6. The molecule has 1 aromatic heterocycles. The van der Waals surface area contributed by atoms with Crippen molar-refractivity contribution >= 4 is 23.7 Å². The van der Waals surface area contributed by atoms with Gasteiger partial charge < -0.3 is 24.9 Å². The van der Waals surface area contributed by atoms with Gasteiger partial charge in [0.15, 0.2) is 0 Å². The molecule has 21 heavy (non-hydrogen) atoms. The van der Waals surface area contributed by atoms with E-state index < -0.39 is 17.9 Å². The number of esters is 3. The van der Waals surface area contributed by atoms with Gasteiger partial charge in [0.2, 0.25) is 0 Å². The molecule has 0 atom stereocenters. The molecular weight excluding hydrogens is 280 g/mol. The van der Waals surface area contributed by atoms with Crippen molar-refractivity contribution in [2.75, 3.05) is 25.6 Å². The van der Waals surface area contributed by atoms with Crippen molar-refractivity contribution in [1.29, 1.82) is 0 Å². The normalized spacial score (nSPS) is 10.0. The van der Waals surface area contributed by atoms with E-state index in [1.165, 1.54) is 0 Å². The monoisotopic (exact) mass is 298 g/mol. The van der Waals surface area contributed by atoms with Crippen molar-refractivity contribution < 1.29 is 28.6 Å². The van der Waals surface area contributed by atoms with E-state index in [1.54, 1.807) is 20.8 Å². The summed E-state index contributed by atoms with van der Waals surface area (Å²) in [5.41, 5.74) is 4.95. The fourth-order valence-corrected chi connectivity index (χ4v) is 1.70. The highest BCUT2D eigenvalue weighted by atomic mass is 16.5. The third-order valence-corrected chi connectivity index (χ3v) is 2.47. The smallest absolute Gasteiger partial charge is 0.355 e. The van der Waals surface area contributed by atoms with Gasteiger partial charge in [-0.15, -0.1) is 0 Å². The number of nitrogens with one attached hydrogen (secondary N) is 1. The average molecular weight is 298 g/mol. The van der Waals surface area contributed by atoms with E-state index in [9.17, 15) is 14.4 Å². The number of carbonyl (C=O) groups excluding carboxylic acids is 3. The van der Waals surface area contributed by atoms with Crippen molar-refractivity contribution in [1.82, 2.24) is 4.98 Å². The maximum Gasteiger partial charge on any atom is 0.355 e. The van der Waals surface area contributed by atoms with Crippen LogP contribution in [-0.4, -0.2) is 42.7 Å². The fourth-order valence-electron chi connectivity index (χ4n) is 1.70. The summed E-state index contributed by atoms with van der Waals surface area (Å²) in [5, 5.41) is 0. The molecule has 3 N–H and O–H groups in total. The molecule has 1 aromatic rings. The first-order valence-electron chi connectivity index (χ1n) is 6.50. The van der Waals surface area contributed by atoms with Crippen molar-refractivity contribution in [3.63, 3.8) is 0 Å². The highest BCUT2D eigenvalue weighted by Crippen LogP contribution is 2.24. The van der Waals surface area contributed by atoms with Gasteiger partial charge in [0, 0.05) is 0 Å². The molecule has 0 spiro atoms. The summed E-state index contributed by atoms with van der Waals surface area (Å²) >= 11 is 0. The summed E-state index contributed by atoms with van der Waals surface area (Å²) in [6, 6.07) is 0. The number of carbonyl (C=O) groups is 3. The van der Waals surface area contributed by atoms with Crippen molar-refractivity contribution in [3.05, 3.63) is 16.8 Å². The van der Waals surface area contributed by atoms with Crippen molar-refractivity contribution in [2.45, 2.75) is 20.8 Å². The van der Waals surface area contributed by atoms with Crippen LogP contribution >= 0.6 is 0 Å². The number of nitrogens with two attached hydrogens (primary N) is 1. The second-order valence-corrected chi connectivity index (χ2v) is 3.83. The Morgan fingerprint density at radius 1 is 0.857 bits per heavy atom. The van der Waals surface area contributed by atoms with Gasteiger partial charge in [-0.25, -0.2) is 14.4 Å². The second kappa shape index (κ2) is 7.32. The Morgan fingerprint density at radius 2 is 1.29 bits per heavy atom. The number of nitrogen functional groups attached to an aromatic ring is 1. The van der Waals surface area contributed by atoms with Gasteiger partial charge in [-0.3, -0.25) is 0 Å². The van der Waals surface area contributed by atoms with E-state index in [-0.39, 0.29) is 42.5 Å². The Bertz CT molecular complexity index is 549. The number of H-pyrrole nitrogens is 1. The minimum absolute atomic E-state index is 0.0778. The van der Waals surface area contributed by atoms with Crippen molar-refractivity contribution in [2.24, 2.45) is 0 Å². The maximum absolute atomic E-state index is 12.0. The largest absolute Gasteiger partial charge is 0.462 e. The topological polar surface area (TPSA) is 121 Å². The van der Waals surface area contributed by atoms with E-state index >= 15 is 0 Å². The van der Waals surface area contributed by atoms with Crippen LogP contribution in [0.5, 0.6) is 0 Å². The van der Waals surface area contributed by atoms with E-state index in [2.05, 4.69) is 4.98 Å². The molecule has 0 saturated carbocycles. The summed E-state index contributed by atoms with van der Waals surface area (Å²) in [7, 11) is 0. The minimum atomic E-state index is -0.850. The Labute approximate surface area is 121 Å². The lowest BCUT2D eigenvalue weighted by atomic mass is 10.1. The molecule has 0 aliphatic carbocycles. The molecule has 0 amide bonds. The van der Waals surface area contributed by atoms with Crippen LogP contribution in [0.3, 0.4) is 0 Å². The Balaban J connectivity index is 3.38. The summed E-state index contributed by atoms with van der Waals surface area (Å²) in [4.78, 5) is 38.2. The summed E-state index contributed by atoms with van der Waals surface area (Å²) in [5.74, 6) is -2.62.